The van der Waals surface area contributed by atoms with Gasteiger partial charge in [0, 0.05) is 32.1 Å². The second kappa shape index (κ2) is 6.89. The van der Waals surface area contributed by atoms with Crippen molar-refractivity contribution in [2.75, 3.05) is 19.6 Å². The highest BCUT2D eigenvalue weighted by Crippen LogP contribution is 2.45. The number of hydrogen-bond acceptors (Lipinski definition) is 3. The van der Waals surface area contributed by atoms with Crippen molar-refractivity contribution < 1.29 is 19.1 Å². The van der Waals surface area contributed by atoms with Crippen molar-refractivity contribution >= 4 is 11.9 Å². The summed E-state index contributed by atoms with van der Waals surface area (Å²) >= 11 is 0. The predicted octanol–water partition coefficient (Wildman–Crippen LogP) is 2.81. The minimum absolute atomic E-state index is 0.0304. The highest BCUT2D eigenvalue weighted by molar-refractivity contribution is 5.81. The molecule has 5 nitrogen and oxygen atoms in total. The predicted molar refractivity (Wildman–Crippen MR) is 98.6 cm³/mol. The Kier molecular flexibility index (Phi) is 4.70. The number of likely N-dealkylation sites (tertiary alicyclic amines) is 2. The van der Waals surface area contributed by atoms with Crippen molar-refractivity contribution in [3.8, 4) is 0 Å². The van der Waals surface area contributed by atoms with Gasteiger partial charge in [0.1, 0.15) is 11.9 Å². The van der Waals surface area contributed by atoms with Crippen LogP contribution in [0.15, 0.2) is 18.2 Å². The summed E-state index contributed by atoms with van der Waals surface area (Å²) in [5.41, 5.74) is 1.79. The molecule has 146 valence electrons. The van der Waals surface area contributed by atoms with Gasteiger partial charge in [-0.25, -0.2) is 4.39 Å². The summed E-state index contributed by atoms with van der Waals surface area (Å²) < 4.78 is 13.4. The van der Waals surface area contributed by atoms with Crippen molar-refractivity contribution in [1.82, 2.24) is 9.80 Å². The minimum Gasteiger partial charge on any atom is -0.480 e. The second-order valence-electron chi connectivity index (χ2n) is 8.63. The molecular formula is C21H27FN2O3. The zero-order chi connectivity index (χ0) is 19.2. The molecule has 0 radical (unpaired) electrons. The largest absolute Gasteiger partial charge is 0.480 e. The van der Waals surface area contributed by atoms with Gasteiger partial charge in [-0.15, -0.1) is 0 Å². The molecule has 2 saturated heterocycles. The summed E-state index contributed by atoms with van der Waals surface area (Å²) in [5.74, 6) is -0.525. The number of nitrogens with zero attached hydrogens (tertiary/aromatic N) is 2. The van der Waals surface area contributed by atoms with Crippen LogP contribution in [0.5, 0.6) is 0 Å². The fourth-order valence-electron chi connectivity index (χ4n) is 4.76. The fraction of sp³-hybridized carbons (Fsp3) is 0.619. The Labute approximate surface area is 159 Å². The molecular weight excluding hydrogens is 347 g/mol. The third-order valence-electron chi connectivity index (χ3n) is 6.63. The molecule has 1 spiro atoms. The van der Waals surface area contributed by atoms with E-state index in [1.54, 1.807) is 6.07 Å². The van der Waals surface area contributed by atoms with E-state index in [0.717, 1.165) is 56.4 Å². The molecule has 1 atom stereocenters. The third kappa shape index (κ3) is 3.72. The lowest BCUT2D eigenvalue weighted by Crippen LogP contribution is -2.44. The van der Waals surface area contributed by atoms with Gasteiger partial charge in [0.05, 0.1) is 0 Å². The van der Waals surface area contributed by atoms with Gasteiger partial charge in [-0.05, 0) is 67.7 Å². The van der Waals surface area contributed by atoms with Crippen LogP contribution in [-0.4, -0.2) is 52.5 Å². The average Bonchev–Trinajstić information content (AvgIpc) is 3.41. The summed E-state index contributed by atoms with van der Waals surface area (Å²) in [6, 6.07) is 4.18. The lowest BCUT2D eigenvalue weighted by Gasteiger charge is -2.39. The first kappa shape index (κ1) is 18.4. The van der Waals surface area contributed by atoms with E-state index in [4.69, 9.17) is 0 Å². The first-order valence-electron chi connectivity index (χ1n) is 9.88. The molecule has 1 aromatic rings. The third-order valence-corrected chi connectivity index (χ3v) is 6.63. The minimum atomic E-state index is -0.789. The van der Waals surface area contributed by atoms with E-state index in [1.807, 2.05) is 16.7 Å². The number of piperidine rings is 1. The molecule has 6 heteroatoms. The van der Waals surface area contributed by atoms with Crippen LogP contribution in [-0.2, 0) is 16.1 Å². The topological polar surface area (TPSA) is 60.9 Å². The van der Waals surface area contributed by atoms with Gasteiger partial charge in [-0.2, -0.15) is 0 Å². The van der Waals surface area contributed by atoms with E-state index in [2.05, 4.69) is 0 Å². The normalized spacial score (nSPS) is 25.1. The molecule has 1 aliphatic carbocycles. The zero-order valence-electron chi connectivity index (χ0n) is 15.8. The number of aryl methyl sites for hydroxylation is 1. The lowest BCUT2D eigenvalue weighted by molar-refractivity contribution is -0.142. The van der Waals surface area contributed by atoms with Crippen LogP contribution in [0.2, 0.25) is 0 Å². The number of carbonyl (C=O) groups is 2. The molecule has 1 aromatic carbocycles. The van der Waals surface area contributed by atoms with E-state index in [0.29, 0.717) is 13.0 Å². The molecule has 2 aliphatic heterocycles. The quantitative estimate of drug-likeness (QED) is 0.880. The maximum Gasteiger partial charge on any atom is 0.320 e. The highest BCUT2D eigenvalue weighted by atomic mass is 19.1. The number of carboxylic acid groups (broad SMARTS) is 1. The number of rotatable bonds is 4. The van der Waals surface area contributed by atoms with Crippen molar-refractivity contribution in [1.29, 1.82) is 0 Å². The Morgan fingerprint density at radius 3 is 2.56 bits per heavy atom. The maximum absolute atomic E-state index is 13.4. The summed E-state index contributed by atoms with van der Waals surface area (Å²) in [6.07, 6.45) is 4.41. The van der Waals surface area contributed by atoms with Gasteiger partial charge in [0.2, 0.25) is 5.91 Å². The monoisotopic (exact) mass is 374 g/mol. The van der Waals surface area contributed by atoms with Gasteiger partial charge in [-0.1, -0.05) is 6.07 Å². The van der Waals surface area contributed by atoms with Crippen molar-refractivity contribution in [3.63, 3.8) is 0 Å². The molecule has 1 N–H and O–H groups in total. The maximum atomic E-state index is 13.4. The van der Waals surface area contributed by atoms with Crippen molar-refractivity contribution in [2.24, 2.45) is 11.3 Å². The summed E-state index contributed by atoms with van der Waals surface area (Å²) in [4.78, 5) is 28.2. The molecule has 27 heavy (non-hydrogen) atoms. The van der Waals surface area contributed by atoms with Crippen LogP contribution in [0.25, 0.3) is 0 Å². The van der Waals surface area contributed by atoms with Crippen LogP contribution >= 0.6 is 0 Å². The number of aliphatic carboxylic acids is 1. The number of carboxylic acids is 1. The van der Waals surface area contributed by atoms with E-state index in [1.165, 1.54) is 12.1 Å². The summed E-state index contributed by atoms with van der Waals surface area (Å²) in [5, 5.41) is 9.74. The van der Waals surface area contributed by atoms with E-state index in [9.17, 15) is 19.1 Å². The molecule has 1 saturated carbocycles. The van der Waals surface area contributed by atoms with Gasteiger partial charge in [-0.3, -0.25) is 14.5 Å². The van der Waals surface area contributed by atoms with E-state index in [-0.39, 0.29) is 23.1 Å². The first-order chi connectivity index (χ1) is 12.9. The average molecular weight is 374 g/mol. The van der Waals surface area contributed by atoms with Crippen LogP contribution in [0.4, 0.5) is 4.39 Å². The SMILES string of the molecule is Cc1cc(F)ccc1CN1CC2(CCN(C(=O)C3CC3)CC2)C[C@H]1C(=O)O. The van der Waals surface area contributed by atoms with E-state index >= 15 is 0 Å². The molecule has 1 amide bonds. The Bertz CT molecular complexity index is 754. The number of carbonyl (C=O) groups excluding carboxylic acids is 1. The molecule has 4 rings (SSSR count). The Morgan fingerprint density at radius 2 is 1.96 bits per heavy atom. The molecule has 3 fully saturated rings. The summed E-state index contributed by atoms with van der Waals surface area (Å²) in [6.45, 7) is 4.60. The number of benzene rings is 1. The Hall–Kier alpha value is -1.95. The first-order valence-corrected chi connectivity index (χ1v) is 9.88. The number of hydrogen-bond donors (Lipinski definition) is 1. The number of halogens is 1. The standard InChI is InChI=1S/C21H27FN2O3/c1-14-10-17(22)5-4-16(14)12-24-13-21(11-18(24)20(26)27)6-8-23(9-7-21)19(25)15-2-3-15/h4-5,10,15,18H,2-3,6-9,11-13H2,1H3,(H,26,27)/t18-/m0/s1. The molecule has 2 heterocycles. The van der Waals surface area contributed by atoms with Crippen LogP contribution in [0.1, 0.15) is 43.2 Å². The Morgan fingerprint density at radius 1 is 1.26 bits per heavy atom. The van der Waals surface area contributed by atoms with Gasteiger partial charge >= 0.3 is 5.97 Å². The van der Waals surface area contributed by atoms with Crippen LogP contribution in [0, 0.1) is 24.1 Å². The van der Waals surface area contributed by atoms with Gasteiger partial charge < -0.3 is 10.0 Å². The lowest BCUT2D eigenvalue weighted by atomic mass is 9.76. The Balaban J connectivity index is 1.45. The molecule has 0 aromatic heterocycles. The van der Waals surface area contributed by atoms with E-state index < -0.39 is 12.0 Å². The molecule has 3 aliphatic rings. The van der Waals surface area contributed by atoms with Gasteiger partial charge in [0.15, 0.2) is 0 Å². The second-order valence-corrected chi connectivity index (χ2v) is 8.63. The highest BCUT2D eigenvalue weighted by Gasteiger charge is 2.49. The van der Waals surface area contributed by atoms with Crippen molar-refractivity contribution in [3.05, 3.63) is 35.1 Å². The smallest absolute Gasteiger partial charge is 0.320 e. The molecule has 0 unspecified atom stereocenters. The summed E-state index contributed by atoms with van der Waals surface area (Å²) in [7, 11) is 0. The van der Waals surface area contributed by atoms with Gasteiger partial charge in [0.25, 0.3) is 0 Å². The number of amides is 1. The molecule has 0 bridgehead atoms. The fourth-order valence-corrected chi connectivity index (χ4v) is 4.76. The van der Waals surface area contributed by atoms with Crippen molar-refractivity contribution in [2.45, 2.75) is 51.6 Å². The van der Waals surface area contributed by atoms with Crippen LogP contribution in [0.3, 0.4) is 0 Å². The zero-order valence-corrected chi connectivity index (χ0v) is 15.8. The van der Waals surface area contributed by atoms with Crippen LogP contribution < -0.4 is 0 Å².